The maximum absolute atomic E-state index is 15.3. The molecule has 1 heterocycles. The number of methoxy groups -OCH3 is 1. The Morgan fingerprint density at radius 2 is 1.48 bits per heavy atom. The summed E-state index contributed by atoms with van der Waals surface area (Å²) in [6.45, 7) is 11.6. The maximum Gasteiger partial charge on any atom is 0.310 e. The standard InChI is InChI=1S/C57H82N6O18S/c1-11-53(6,51(77)60-19-28(2)65)25-55(8,27-56(9,39(69)23-82)26-54(7,37(67)20-61-59)24-52(4,5)36(66)16-40(70)71)38(68)21-62-63-35(22-64)57(78)17-31-43(34(18-57)81-41-15-32(58)46(72)29(3)80-41)50(76)45-44(48(31)74)47(73)30-13-12-14-33(79-10)42(30)49(45)75/h12-14,28-29,32,34,41,46,61-62,64-65,72,74,76,78,82H,11,15-27,58-59H2,1-10H3,(H,60,77)(H,70,71)/t28?,29?,32?,34-,41?,46?,53?,54?,55?,56?,57-/m0/s1. The van der Waals surface area contributed by atoms with Gasteiger partial charge in [0.15, 0.2) is 23.6 Å². The van der Waals surface area contributed by atoms with Crippen molar-refractivity contribution >= 4 is 64.9 Å². The van der Waals surface area contributed by atoms with Crippen LogP contribution in [0.3, 0.4) is 0 Å². The number of aliphatic hydroxyl groups is 4. The van der Waals surface area contributed by atoms with Crippen molar-refractivity contribution in [2.75, 3.05) is 39.1 Å². The second-order valence-electron chi connectivity index (χ2n) is 24.2. The molecule has 24 nitrogen and oxygen atoms in total. The first kappa shape index (κ1) is 67.1. The van der Waals surface area contributed by atoms with Gasteiger partial charge in [0, 0.05) is 81.4 Å². The van der Waals surface area contributed by atoms with E-state index < -0.39 is 183 Å². The maximum atomic E-state index is 15.3. The van der Waals surface area contributed by atoms with Gasteiger partial charge in [-0.2, -0.15) is 17.7 Å². The van der Waals surface area contributed by atoms with Crippen LogP contribution in [0.15, 0.2) is 23.3 Å². The van der Waals surface area contributed by atoms with E-state index in [1.54, 1.807) is 20.8 Å². The number of carboxylic acid groups (broad SMARTS) is 1. The number of Topliss-reactive ketones (excluding diaryl/α,β-unsaturated/α-hetero) is 4. The molecule has 0 saturated carbocycles. The lowest BCUT2D eigenvalue weighted by Crippen LogP contribution is -2.53. The third-order valence-corrected chi connectivity index (χ3v) is 17.1. The lowest BCUT2D eigenvalue weighted by Gasteiger charge is -2.46. The van der Waals surface area contributed by atoms with Crippen LogP contribution >= 0.6 is 12.6 Å². The predicted octanol–water partition coefficient (Wildman–Crippen LogP) is 2.04. The number of hydrogen-bond acceptors (Lipinski definition) is 23. The second-order valence-corrected chi connectivity index (χ2v) is 24.5. The van der Waals surface area contributed by atoms with E-state index in [1.165, 1.54) is 66.9 Å². The van der Waals surface area contributed by atoms with E-state index in [1.807, 2.05) is 0 Å². The van der Waals surface area contributed by atoms with Gasteiger partial charge in [0.2, 0.25) is 11.7 Å². The molecule has 25 heteroatoms. The fraction of sp³-hybridized carbons (Fsp3) is 0.632. The first-order chi connectivity index (χ1) is 38.1. The number of amides is 1. The molecule has 14 N–H and O–H groups in total. The monoisotopic (exact) mass is 1170 g/mol. The lowest BCUT2D eigenvalue weighted by molar-refractivity contribution is -0.245. The Hall–Kier alpha value is -5.74. The lowest BCUT2D eigenvalue weighted by atomic mass is 9.56. The number of nitrogens with zero attached hydrogens (tertiary/aromatic N) is 1. The van der Waals surface area contributed by atoms with E-state index in [9.17, 15) is 69.3 Å². The van der Waals surface area contributed by atoms with Crippen LogP contribution in [0.2, 0.25) is 0 Å². The Morgan fingerprint density at radius 1 is 0.890 bits per heavy atom. The topological polar surface area (TPSA) is 406 Å². The molecule has 2 aromatic rings. The van der Waals surface area contributed by atoms with Gasteiger partial charge in [-0.25, -0.2) is 0 Å². The Bertz CT molecular complexity index is 2850. The number of nitrogens with two attached hydrogens (primary N) is 2. The number of ether oxygens (including phenoxy) is 3. The SMILES string of the molecule is CCC(C)(CC(C)(CC(C)(CC(C)(CC(C)(C)C(=O)CC(=O)O)C(=O)CNN)C(=O)CS)C(=O)CNN=C(CO)[C@]1(O)Cc2c(O)c3c(c(O)c2[C@@H](OC2CC(N)C(O)C(C)O2)C1)C(=O)c1c(OC)cccc1C3=O)C(=O)NCC(C)O. The zero-order valence-electron chi connectivity index (χ0n) is 48.3. The van der Waals surface area contributed by atoms with Crippen molar-refractivity contribution in [1.82, 2.24) is 16.2 Å². The molecule has 1 amide bonds. The number of carbonyl (C=O) groups excluding carboxylic acids is 7. The molecule has 1 fully saturated rings. The second kappa shape index (κ2) is 26.0. The van der Waals surface area contributed by atoms with E-state index >= 15 is 4.79 Å². The normalized spacial score (nSPS) is 24.2. The summed E-state index contributed by atoms with van der Waals surface area (Å²) in [7, 11) is 1.29. The van der Waals surface area contributed by atoms with Crippen LogP contribution in [0.4, 0.5) is 0 Å². The molecule has 11 atom stereocenters. The molecule has 0 aromatic heterocycles. The molecule has 2 aliphatic carbocycles. The van der Waals surface area contributed by atoms with E-state index in [0.717, 1.165) is 0 Å². The Balaban J connectivity index is 1.62. The molecular weight excluding hydrogens is 1090 g/mol. The van der Waals surface area contributed by atoms with E-state index in [4.69, 9.17) is 25.8 Å². The van der Waals surface area contributed by atoms with Crippen LogP contribution in [-0.2, 0) is 44.7 Å². The highest BCUT2D eigenvalue weighted by molar-refractivity contribution is 7.81. The van der Waals surface area contributed by atoms with E-state index in [0.29, 0.717) is 0 Å². The number of hydrazone groups is 1. The van der Waals surface area contributed by atoms with Crippen LogP contribution in [0.25, 0.3) is 0 Å². The van der Waals surface area contributed by atoms with Crippen molar-refractivity contribution in [3.63, 3.8) is 0 Å². The van der Waals surface area contributed by atoms with Crippen molar-refractivity contribution in [1.29, 1.82) is 0 Å². The summed E-state index contributed by atoms with van der Waals surface area (Å²) in [5.74, 6) is -2.35. The number of aliphatic hydroxyl groups excluding tert-OH is 3. The summed E-state index contributed by atoms with van der Waals surface area (Å²) >= 11 is 4.34. The van der Waals surface area contributed by atoms with Crippen molar-refractivity contribution in [3.05, 3.63) is 51.6 Å². The summed E-state index contributed by atoms with van der Waals surface area (Å²) in [4.78, 5) is 112. The molecule has 3 aliphatic rings. The van der Waals surface area contributed by atoms with Gasteiger partial charge in [0.05, 0.1) is 73.6 Å². The number of nitrogens with one attached hydrogen (secondary N) is 3. The minimum atomic E-state index is -2.36. The first-order valence-electron chi connectivity index (χ1n) is 27.2. The number of thiol groups is 1. The van der Waals surface area contributed by atoms with Crippen molar-refractivity contribution in [3.8, 4) is 17.2 Å². The molecule has 1 saturated heterocycles. The summed E-state index contributed by atoms with van der Waals surface area (Å²) in [6.07, 6.45) is -8.91. The first-order valence-corrected chi connectivity index (χ1v) is 27.8. The molecule has 0 spiro atoms. The van der Waals surface area contributed by atoms with Crippen molar-refractivity contribution in [2.24, 2.45) is 43.8 Å². The van der Waals surface area contributed by atoms with Gasteiger partial charge in [0.25, 0.3) is 0 Å². The fourth-order valence-electron chi connectivity index (χ4n) is 12.4. The van der Waals surface area contributed by atoms with Crippen LogP contribution in [0, 0.1) is 27.1 Å². The zero-order valence-corrected chi connectivity index (χ0v) is 49.2. The van der Waals surface area contributed by atoms with Crippen molar-refractivity contribution < 1.29 is 88.3 Å². The number of hydrazine groups is 1. The third-order valence-electron chi connectivity index (χ3n) is 16.8. The van der Waals surface area contributed by atoms with Gasteiger partial charge in [0.1, 0.15) is 40.8 Å². The highest BCUT2D eigenvalue weighted by atomic mass is 32.1. The van der Waals surface area contributed by atoms with Crippen molar-refractivity contribution in [2.45, 2.75) is 162 Å². The summed E-state index contributed by atoms with van der Waals surface area (Å²) in [6, 6.07) is 3.38. The van der Waals surface area contributed by atoms with Gasteiger partial charge in [-0.1, -0.05) is 60.6 Å². The number of rotatable bonds is 29. The van der Waals surface area contributed by atoms with Gasteiger partial charge >= 0.3 is 5.97 Å². The number of hydrogen-bond donors (Lipinski definition) is 13. The largest absolute Gasteiger partial charge is 0.507 e. The van der Waals surface area contributed by atoms with Crippen LogP contribution in [0.5, 0.6) is 17.2 Å². The van der Waals surface area contributed by atoms with Crippen LogP contribution < -0.4 is 32.5 Å². The molecule has 5 rings (SSSR count). The fourth-order valence-corrected chi connectivity index (χ4v) is 12.8. The zero-order chi connectivity index (χ0) is 61.8. The Morgan fingerprint density at radius 3 is 2.02 bits per heavy atom. The number of aliphatic carboxylic acids is 1. The smallest absolute Gasteiger partial charge is 0.310 e. The molecule has 0 bridgehead atoms. The molecule has 454 valence electrons. The molecule has 9 unspecified atom stereocenters. The van der Waals surface area contributed by atoms with Gasteiger partial charge < -0.3 is 66.4 Å². The molecular formula is C57H82N6O18S. The molecule has 2 aromatic carbocycles. The Labute approximate surface area is 481 Å². The van der Waals surface area contributed by atoms with Crippen LogP contribution in [-0.4, -0.2) is 163 Å². The highest BCUT2D eigenvalue weighted by Crippen LogP contribution is 2.54. The number of benzene rings is 2. The van der Waals surface area contributed by atoms with E-state index in [-0.39, 0.29) is 78.8 Å². The number of phenols is 2. The number of fused-ring (bicyclic) bond motifs is 3. The average Bonchev–Trinajstić information content (AvgIpc) is 2.35. The Kier molecular flexibility index (Phi) is 21.3. The van der Waals surface area contributed by atoms with Gasteiger partial charge in [-0.15, -0.1) is 0 Å². The van der Waals surface area contributed by atoms with Crippen LogP contribution in [0.1, 0.15) is 163 Å². The highest BCUT2D eigenvalue weighted by Gasteiger charge is 2.54. The molecule has 82 heavy (non-hydrogen) atoms. The quantitative estimate of drug-likeness (QED) is 0.0118. The summed E-state index contributed by atoms with van der Waals surface area (Å²) < 4.78 is 17.7. The third kappa shape index (κ3) is 13.9. The summed E-state index contributed by atoms with van der Waals surface area (Å²) in [5, 5.41) is 85.4. The van der Waals surface area contributed by atoms with Gasteiger partial charge in [-0.05, 0) is 52.0 Å². The number of phenolic OH excluding ortho intramolecular Hbond substituents is 2. The summed E-state index contributed by atoms with van der Waals surface area (Å²) in [5.41, 5.74) is -1.29. The predicted molar refractivity (Wildman–Crippen MR) is 300 cm³/mol. The minimum absolute atomic E-state index is 0.0189. The number of aromatic hydroxyl groups is 2. The molecule has 0 radical (unpaired) electrons. The average molecular weight is 1170 g/mol. The molecule has 1 aliphatic heterocycles. The van der Waals surface area contributed by atoms with Gasteiger partial charge in [-0.3, -0.25) is 49.6 Å². The number of ketones is 6. The number of carboxylic acids is 1. The minimum Gasteiger partial charge on any atom is -0.507 e. The number of carbonyl (C=O) groups is 8. The van der Waals surface area contributed by atoms with E-state index in [2.05, 4.69) is 33.9 Å².